The molecule has 31 heavy (non-hydrogen) atoms. The molecule has 1 aromatic carbocycles. The zero-order chi connectivity index (χ0) is 22.0. The number of carbonyl (C=O) groups is 3. The van der Waals surface area contributed by atoms with Crippen LogP contribution in [0.2, 0.25) is 5.02 Å². The molecule has 160 valence electrons. The number of aryl methyl sites for hydroxylation is 1. The summed E-state index contributed by atoms with van der Waals surface area (Å²) in [6, 6.07) is 8.19. The zero-order valence-corrected chi connectivity index (χ0v) is 18.3. The molecule has 3 heterocycles. The molecule has 0 saturated heterocycles. The van der Waals surface area contributed by atoms with Crippen molar-refractivity contribution in [1.29, 1.82) is 0 Å². The van der Waals surface area contributed by atoms with Crippen molar-refractivity contribution < 1.29 is 18.9 Å². The number of thiazole rings is 1. The van der Waals surface area contributed by atoms with Gasteiger partial charge in [-0.15, -0.1) is 0 Å². The molecule has 4 rings (SSSR count). The lowest BCUT2D eigenvalue weighted by Gasteiger charge is -2.26. The van der Waals surface area contributed by atoms with Gasteiger partial charge in [-0.05, 0) is 31.2 Å². The minimum absolute atomic E-state index is 0.0787. The van der Waals surface area contributed by atoms with Gasteiger partial charge in [0.05, 0.1) is 12.2 Å². The summed E-state index contributed by atoms with van der Waals surface area (Å²) in [6.45, 7) is 2.65. The third-order valence-corrected chi connectivity index (χ3v) is 6.15. The molecule has 0 spiro atoms. The molecule has 0 unspecified atom stereocenters. The van der Waals surface area contributed by atoms with E-state index in [0.717, 1.165) is 10.6 Å². The van der Waals surface area contributed by atoms with Gasteiger partial charge in [0.25, 0.3) is 5.91 Å². The van der Waals surface area contributed by atoms with Crippen LogP contribution in [-0.4, -0.2) is 39.2 Å². The van der Waals surface area contributed by atoms with Gasteiger partial charge in [-0.1, -0.05) is 28.1 Å². The van der Waals surface area contributed by atoms with E-state index >= 15 is 0 Å². The number of hydrogen-bond donors (Lipinski definition) is 1. The number of amides is 2. The second-order valence-electron chi connectivity index (χ2n) is 7.16. The number of carbonyl (C=O) groups excluding carboxylic acids is 3. The van der Waals surface area contributed by atoms with Gasteiger partial charge in [-0.3, -0.25) is 19.7 Å². The Hall–Kier alpha value is -3.04. The first-order chi connectivity index (χ1) is 14.9. The van der Waals surface area contributed by atoms with E-state index in [1.165, 1.54) is 11.3 Å². The van der Waals surface area contributed by atoms with Crippen LogP contribution in [0.3, 0.4) is 0 Å². The van der Waals surface area contributed by atoms with Gasteiger partial charge in [0, 0.05) is 47.3 Å². The molecule has 10 heteroatoms. The zero-order valence-electron chi connectivity index (χ0n) is 16.7. The van der Waals surface area contributed by atoms with Crippen molar-refractivity contribution in [3.8, 4) is 0 Å². The number of aromatic nitrogens is 2. The van der Waals surface area contributed by atoms with Crippen LogP contribution >= 0.6 is 22.9 Å². The summed E-state index contributed by atoms with van der Waals surface area (Å²) < 4.78 is 4.92. The van der Waals surface area contributed by atoms with Crippen LogP contribution in [-0.2, 0) is 17.8 Å². The number of nitrogens with zero attached hydrogens (tertiary/aromatic N) is 3. The molecule has 8 nitrogen and oxygen atoms in total. The highest BCUT2D eigenvalue weighted by Crippen LogP contribution is 2.29. The lowest BCUT2D eigenvalue weighted by Crippen LogP contribution is -2.35. The predicted molar refractivity (Wildman–Crippen MR) is 115 cm³/mol. The van der Waals surface area contributed by atoms with E-state index in [2.05, 4.69) is 15.5 Å². The third-order valence-electron chi connectivity index (χ3n) is 4.90. The van der Waals surface area contributed by atoms with Crippen molar-refractivity contribution in [2.75, 3.05) is 11.9 Å². The summed E-state index contributed by atoms with van der Waals surface area (Å²) in [6.07, 6.45) is 0.886. The number of anilines is 1. The Balaban J connectivity index is 1.33. The second kappa shape index (κ2) is 8.99. The molecular formula is C21H19ClN4O4S. The fourth-order valence-corrected chi connectivity index (χ4v) is 4.40. The van der Waals surface area contributed by atoms with Crippen molar-refractivity contribution in [2.45, 2.75) is 32.7 Å². The summed E-state index contributed by atoms with van der Waals surface area (Å²) in [4.78, 5) is 44.3. The quantitative estimate of drug-likeness (QED) is 0.562. The summed E-state index contributed by atoms with van der Waals surface area (Å²) >= 11 is 7.18. The molecule has 0 radical (unpaired) electrons. The van der Waals surface area contributed by atoms with E-state index in [1.807, 2.05) is 0 Å². The van der Waals surface area contributed by atoms with Crippen molar-refractivity contribution >= 4 is 45.7 Å². The summed E-state index contributed by atoms with van der Waals surface area (Å²) in [5, 5.41) is 7.44. The van der Waals surface area contributed by atoms with Crippen molar-refractivity contribution in [1.82, 2.24) is 15.0 Å². The lowest BCUT2D eigenvalue weighted by atomic mass is 10.1. The van der Waals surface area contributed by atoms with Crippen LogP contribution in [0, 0.1) is 6.92 Å². The molecule has 0 fully saturated rings. The van der Waals surface area contributed by atoms with Crippen LogP contribution < -0.4 is 5.32 Å². The highest BCUT2D eigenvalue weighted by molar-refractivity contribution is 7.15. The molecule has 0 aliphatic carbocycles. The number of rotatable bonds is 6. The summed E-state index contributed by atoms with van der Waals surface area (Å²) in [5.41, 5.74) is 1.61. The van der Waals surface area contributed by atoms with Gasteiger partial charge in [-0.2, -0.15) is 0 Å². The second-order valence-corrected chi connectivity index (χ2v) is 8.68. The first-order valence-corrected chi connectivity index (χ1v) is 10.9. The highest BCUT2D eigenvalue weighted by Gasteiger charge is 2.25. The Morgan fingerprint density at radius 1 is 1.23 bits per heavy atom. The lowest BCUT2D eigenvalue weighted by molar-refractivity contribution is -0.132. The fraction of sp³-hybridized carbons (Fsp3) is 0.286. The smallest absolute Gasteiger partial charge is 0.279 e. The Bertz CT molecular complexity index is 1140. The number of Topliss-reactive ketones (excluding diaryl/α,β-unsaturated/α-hetero) is 1. The topological polar surface area (TPSA) is 105 Å². The predicted octanol–water partition coefficient (Wildman–Crippen LogP) is 3.89. The van der Waals surface area contributed by atoms with Crippen molar-refractivity contribution in [3.05, 3.63) is 62.9 Å². The Kier molecular flexibility index (Phi) is 6.15. The van der Waals surface area contributed by atoms with E-state index in [1.54, 1.807) is 42.2 Å². The molecule has 1 N–H and O–H groups in total. The Morgan fingerprint density at radius 3 is 2.71 bits per heavy atom. The summed E-state index contributed by atoms with van der Waals surface area (Å²) in [5.74, 6) is -0.0116. The molecule has 2 aromatic heterocycles. The number of halogens is 1. The maximum absolute atomic E-state index is 12.6. The fourth-order valence-electron chi connectivity index (χ4n) is 3.26. The van der Waals surface area contributed by atoms with Crippen molar-refractivity contribution in [2.24, 2.45) is 0 Å². The van der Waals surface area contributed by atoms with Gasteiger partial charge in [-0.25, -0.2) is 4.98 Å². The van der Waals surface area contributed by atoms with Gasteiger partial charge in [0.2, 0.25) is 5.91 Å². The average molecular weight is 459 g/mol. The molecule has 1 aliphatic rings. The van der Waals surface area contributed by atoms with Crippen LogP contribution in [0.4, 0.5) is 5.13 Å². The molecule has 1 aliphatic heterocycles. The van der Waals surface area contributed by atoms with Gasteiger partial charge in [0.15, 0.2) is 16.6 Å². The largest absolute Gasteiger partial charge is 0.361 e. The number of fused-ring (bicyclic) bond motifs is 1. The van der Waals surface area contributed by atoms with Gasteiger partial charge in [0.1, 0.15) is 5.76 Å². The summed E-state index contributed by atoms with van der Waals surface area (Å²) in [7, 11) is 0. The van der Waals surface area contributed by atoms with Crippen LogP contribution in [0.5, 0.6) is 0 Å². The molecule has 0 bridgehead atoms. The normalized spacial score (nSPS) is 13.0. The number of nitrogens with one attached hydrogen (secondary N) is 1. The Morgan fingerprint density at radius 2 is 2.00 bits per heavy atom. The van der Waals surface area contributed by atoms with E-state index in [-0.39, 0.29) is 30.2 Å². The molecule has 2 amide bonds. The van der Waals surface area contributed by atoms with E-state index in [0.29, 0.717) is 41.0 Å². The van der Waals surface area contributed by atoms with Crippen LogP contribution in [0.1, 0.15) is 50.0 Å². The highest BCUT2D eigenvalue weighted by atomic mass is 35.5. The standard InChI is InChI=1S/C21H19ClN4O4S/c1-12-10-16(25-30-12)20(29)24-21-23-15-8-9-26(11-18(15)31-21)19(28)7-6-17(27)13-2-4-14(22)5-3-13/h2-5,10H,6-9,11H2,1H3,(H,23,24,29). The van der Waals surface area contributed by atoms with Gasteiger partial charge >= 0.3 is 0 Å². The van der Waals surface area contributed by atoms with Crippen LogP contribution in [0.15, 0.2) is 34.9 Å². The molecule has 0 saturated carbocycles. The van der Waals surface area contributed by atoms with Gasteiger partial charge < -0.3 is 9.42 Å². The van der Waals surface area contributed by atoms with Crippen molar-refractivity contribution in [3.63, 3.8) is 0 Å². The number of benzene rings is 1. The maximum atomic E-state index is 12.6. The van der Waals surface area contributed by atoms with Crippen LogP contribution in [0.25, 0.3) is 0 Å². The SMILES string of the molecule is Cc1cc(C(=O)Nc2nc3c(s2)CN(C(=O)CCC(=O)c2ccc(Cl)cc2)CC3)no1. The maximum Gasteiger partial charge on any atom is 0.279 e. The molecular weight excluding hydrogens is 440 g/mol. The minimum atomic E-state index is -0.392. The monoisotopic (exact) mass is 458 g/mol. The number of hydrogen-bond acceptors (Lipinski definition) is 7. The third kappa shape index (κ3) is 5.00. The minimum Gasteiger partial charge on any atom is -0.361 e. The molecule has 0 atom stereocenters. The van der Waals surface area contributed by atoms with E-state index < -0.39 is 5.91 Å². The first-order valence-electron chi connectivity index (χ1n) is 9.69. The average Bonchev–Trinajstić information content (AvgIpc) is 3.37. The van der Waals surface area contributed by atoms with E-state index in [9.17, 15) is 14.4 Å². The van der Waals surface area contributed by atoms with E-state index in [4.69, 9.17) is 16.1 Å². The first kappa shape index (κ1) is 21.2. The molecule has 3 aromatic rings. The Labute approximate surface area is 187 Å². The number of ketones is 1.